The lowest BCUT2D eigenvalue weighted by Gasteiger charge is -2.15. The van der Waals surface area contributed by atoms with Crippen LogP contribution in [0.4, 0.5) is 4.79 Å². The summed E-state index contributed by atoms with van der Waals surface area (Å²) in [6.07, 6.45) is 2.50. The quantitative estimate of drug-likeness (QED) is 0.888. The van der Waals surface area contributed by atoms with Gasteiger partial charge < -0.3 is 10.6 Å². The standard InChI is InChI=1S/C17H25N5O/c1-11-7-6-8-18-16(11)10-19-17(23)20-12(2)9-15-13(3)21-22(5)14(15)4/h6-8,12H,9-10H2,1-5H3,(H2,19,20,23)/t12-/m0/s1. The second-order valence-electron chi connectivity index (χ2n) is 5.97. The fourth-order valence-corrected chi connectivity index (χ4v) is 2.61. The predicted octanol–water partition coefficient (Wildman–Crippen LogP) is 2.17. The number of aromatic nitrogens is 3. The zero-order valence-corrected chi connectivity index (χ0v) is 14.5. The monoisotopic (exact) mass is 315 g/mol. The number of carbonyl (C=O) groups excluding carboxylic acids is 1. The zero-order chi connectivity index (χ0) is 17.0. The van der Waals surface area contributed by atoms with E-state index in [1.807, 2.05) is 51.6 Å². The lowest BCUT2D eigenvalue weighted by Crippen LogP contribution is -2.41. The summed E-state index contributed by atoms with van der Waals surface area (Å²) in [6, 6.07) is 3.72. The molecule has 0 fully saturated rings. The van der Waals surface area contributed by atoms with Crippen LogP contribution in [-0.4, -0.2) is 26.8 Å². The summed E-state index contributed by atoms with van der Waals surface area (Å²) in [7, 11) is 1.94. The van der Waals surface area contributed by atoms with Crippen molar-refractivity contribution in [2.75, 3.05) is 0 Å². The topological polar surface area (TPSA) is 71.8 Å². The van der Waals surface area contributed by atoms with Crippen LogP contribution < -0.4 is 10.6 Å². The summed E-state index contributed by atoms with van der Waals surface area (Å²) < 4.78 is 1.88. The van der Waals surface area contributed by atoms with Crippen molar-refractivity contribution in [3.63, 3.8) is 0 Å². The van der Waals surface area contributed by atoms with Crippen LogP contribution in [0.25, 0.3) is 0 Å². The van der Waals surface area contributed by atoms with E-state index in [0.29, 0.717) is 6.54 Å². The van der Waals surface area contributed by atoms with Gasteiger partial charge in [0.05, 0.1) is 17.9 Å². The van der Waals surface area contributed by atoms with Crippen molar-refractivity contribution in [3.05, 3.63) is 46.5 Å². The smallest absolute Gasteiger partial charge is 0.315 e. The molecule has 0 spiro atoms. The number of pyridine rings is 1. The molecule has 2 aromatic rings. The number of rotatable bonds is 5. The van der Waals surface area contributed by atoms with Gasteiger partial charge in [-0.3, -0.25) is 9.67 Å². The summed E-state index contributed by atoms with van der Waals surface area (Å²) in [4.78, 5) is 16.3. The van der Waals surface area contributed by atoms with Gasteiger partial charge in [-0.25, -0.2) is 4.79 Å². The molecule has 0 aliphatic rings. The molecule has 0 aromatic carbocycles. The number of nitrogens with zero attached hydrogens (tertiary/aromatic N) is 3. The first-order chi connectivity index (χ1) is 10.9. The maximum Gasteiger partial charge on any atom is 0.315 e. The molecular formula is C17H25N5O. The van der Waals surface area contributed by atoms with E-state index in [2.05, 4.69) is 20.7 Å². The molecule has 6 nitrogen and oxygen atoms in total. The van der Waals surface area contributed by atoms with Crippen LogP contribution in [0.5, 0.6) is 0 Å². The molecule has 23 heavy (non-hydrogen) atoms. The normalized spacial score (nSPS) is 12.0. The van der Waals surface area contributed by atoms with E-state index >= 15 is 0 Å². The van der Waals surface area contributed by atoms with Crippen LogP contribution in [0, 0.1) is 20.8 Å². The number of nitrogens with one attached hydrogen (secondary N) is 2. The lowest BCUT2D eigenvalue weighted by molar-refractivity contribution is 0.237. The summed E-state index contributed by atoms with van der Waals surface area (Å²) in [5, 5.41) is 10.2. The Morgan fingerprint density at radius 2 is 2.09 bits per heavy atom. The first kappa shape index (κ1) is 17.0. The summed E-state index contributed by atoms with van der Waals surface area (Å²) in [6.45, 7) is 8.46. The maximum absolute atomic E-state index is 12.0. The van der Waals surface area contributed by atoms with E-state index in [9.17, 15) is 4.79 Å². The second-order valence-corrected chi connectivity index (χ2v) is 5.97. The van der Waals surface area contributed by atoms with E-state index in [-0.39, 0.29) is 12.1 Å². The van der Waals surface area contributed by atoms with Gasteiger partial charge in [-0.2, -0.15) is 5.10 Å². The maximum atomic E-state index is 12.0. The van der Waals surface area contributed by atoms with Crippen molar-refractivity contribution in [3.8, 4) is 0 Å². The van der Waals surface area contributed by atoms with Crippen molar-refractivity contribution in [2.24, 2.45) is 7.05 Å². The van der Waals surface area contributed by atoms with Crippen molar-refractivity contribution in [2.45, 2.75) is 46.7 Å². The molecule has 0 aliphatic carbocycles. The molecule has 2 N–H and O–H groups in total. The van der Waals surface area contributed by atoms with Crippen molar-refractivity contribution in [1.82, 2.24) is 25.4 Å². The molecule has 0 unspecified atom stereocenters. The minimum atomic E-state index is -0.179. The summed E-state index contributed by atoms with van der Waals surface area (Å²) in [5.74, 6) is 0. The highest BCUT2D eigenvalue weighted by Crippen LogP contribution is 2.14. The van der Waals surface area contributed by atoms with Crippen LogP contribution in [0.1, 0.15) is 35.1 Å². The molecule has 6 heteroatoms. The van der Waals surface area contributed by atoms with Crippen LogP contribution in [0.2, 0.25) is 0 Å². The Morgan fingerprint density at radius 3 is 2.70 bits per heavy atom. The minimum Gasteiger partial charge on any atom is -0.335 e. The van der Waals surface area contributed by atoms with Crippen LogP contribution in [0.15, 0.2) is 18.3 Å². The Kier molecular flexibility index (Phi) is 5.36. The average Bonchev–Trinajstić information content (AvgIpc) is 2.73. The number of hydrogen-bond acceptors (Lipinski definition) is 3. The van der Waals surface area contributed by atoms with Gasteiger partial charge in [0.25, 0.3) is 0 Å². The molecule has 0 saturated heterocycles. The van der Waals surface area contributed by atoms with Gasteiger partial charge in [-0.1, -0.05) is 6.07 Å². The Labute approximate surface area is 137 Å². The summed E-state index contributed by atoms with van der Waals surface area (Å²) >= 11 is 0. The molecule has 0 saturated carbocycles. The Morgan fingerprint density at radius 1 is 1.35 bits per heavy atom. The van der Waals surface area contributed by atoms with E-state index in [1.165, 1.54) is 5.56 Å². The Hall–Kier alpha value is -2.37. The average molecular weight is 315 g/mol. The molecule has 2 rings (SSSR count). The largest absolute Gasteiger partial charge is 0.335 e. The zero-order valence-electron chi connectivity index (χ0n) is 14.5. The van der Waals surface area contributed by atoms with Crippen molar-refractivity contribution in [1.29, 1.82) is 0 Å². The molecule has 124 valence electrons. The summed E-state index contributed by atoms with van der Waals surface area (Å²) in [5.41, 5.74) is 5.31. The number of hydrogen-bond donors (Lipinski definition) is 2. The lowest BCUT2D eigenvalue weighted by atomic mass is 10.1. The van der Waals surface area contributed by atoms with Gasteiger partial charge in [0.1, 0.15) is 0 Å². The van der Waals surface area contributed by atoms with Crippen LogP contribution in [-0.2, 0) is 20.0 Å². The van der Waals surface area contributed by atoms with Crippen LogP contribution in [0.3, 0.4) is 0 Å². The van der Waals surface area contributed by atoms with Crippen LogP contribution >= 0.6 is 0 Å². The molecule has 0 aliphatic heterocycles. The van der Waals surface area contributed by atoms with Gasteiger partial charge in [-0.05, 0) is 51.3 Å². The molecule has 0 bridgehead atoms. The third-order valence-corrected chi connectivity index (χ3v) is 4.08. The highest BCUT2D eigenvalue weighted by molar-refractivity contribution is 5.74. The van der Waals surface area contributed by atoms with Crippen molar-refractivity contribution >= 4 is 6.03 Å². The van der Waals surface area contributed by atoms with E-state index in [4.69, 9.17) is 0 Å². The predicted molar refractivity (Wildman–Crippen MR) is 90.2 cm³/mol. The van der Waals surface area contributed by atoms with E-state index < -0.39 is 0 Å². The second kappa shape index (κ2) is 7.26. The fraction of sp³-hybridized carbons (Fsp3) is 0.471. The van der Waals surface area contributed by atoms with Gasteiger partial charge in [0.15, 0.2) is 0 Å². The first-order valence-electron chi connectivity index (χ1n) is 7.82. The van der Waals surface area contributed by atoms with E-state index in [0.717, 1.165) is 29.1 Å². The van der Waals surface area contributed by atoms with Gasteiger partial charge >= 0.3 is 6.03 Å². The molecule has 2 aromatic heterocycles. The molecular weight excluding hydrogens is 290 g/mol. The highest BCUT2D eigenvalue weighted by Gasteiger charge is 2.14. The third kappa shape index (κ3) is 4.31. The SMILES string of the molecule is Cc1cccnc1CNC(=O)N[C@@H](C)Cc1c(C)nn(C)c1C. The highest BCUT2D eigenvalue weighted by atomic mass is 16.2. The van der Waals surface area contributed by atoms with Crippen molar-refractivity contribution < 1.29 is 4.79 Å². The Bertz CT molecular complexity index is 692. The fourth-order valence-electron chi connectivity index (χ4n) is 2.61. The first-order valence-corrected chi connectivity index (χ1v) is 7.82. The number of amides is 2. The van der Waals surface area contributed by atoms with Gasteiger partial charge in [0.2, 0.25) is 0 Å². The van der Waals surface area contributed by atoms with E-state index in [1.54, 1.807) is 6.20 Å². The molecule has 0 radical (unpaired) electrons. The minimum absolute atomic E-state index is 0.0291. The van der Waals surface area contributed by atoms with Gasteiger partial charge in [0, 0.05) is 25.0 Å². The Balaban J connectivity index is 1.86. The number of urea groups is 1. The molecule has 2 heterocycles. The third-order valence-electron chi connectivity index (χ3n) is 4.08. The molecule has 1 atom stereocenters. The number of aryl methyl sites for hydroxylation is 3. The number of carbonyl (C=O) groups is 1. The van der Waals surface area contributed by atoms with Gasteiger partial charge in [-0.15, -0.1) is 0 Å². The molecule has 2 amide bonds.